The molecule has 9 heteroatoms. The Kier molecular flexibility index (Phi) is 7.82. The molecule has 0 aliphatic carbocycles. The molecule has 1 N–H and O–H groups in total. The van der Waals surface area contributed by atoms with Gasteiger partial charge in [-0.15, -0.1) is 0 Å². The lowest BCUT2D eigenvalue weighted by Gasteiger charge is -2.15. The van der Waals surface area contributed by atoms with Crippen LogP contribution in [-0.2, 0) is 9.53 Å². The number of hydrogen-bond donors (Lipinski definition) is 1. The predicted octanol–water partition coefficient (Wildman–Crippen LogP) is 4.38. The number of anilines is 1. The van der Waals surface area contributed by atoms with Crippen LogP contribution in [0.2, 0.25) is 0 Å². The van der Waals surface area contributed by atoms with Crippen LogP contribution in [0.5, 0.6) is 0 Å². The van der Waals surface area contributed by atoms with Crippen molar-refractivity contribution in [3.05, 3.63) is 44.7 Å². The van der Waals surface area contributed by atoms with Crippen molar-refractivity contribution in [1.82, 2.24) is 14.3 Å². The van der Waals surface area contributed by atoms with Crippen molar-refractivity contribution in [1.29, 1.82) is 0 Å². The average Bonchev–Trinajstić information content (AvgIpc) is 3.41. The molecule has 0 bridgehead atoms. The fourth-order valence-electron chi connectivity index (χ4n) is 4.11. The molecule has 176 valence electrons. The molecule has 2 saturated heterocycles. The number of pyridine rings is 1. The van der Waals surface area contributed by atoms with Crippen LogP contribution >= 0.6 is 24.0 Å². The highest BCUT2D eigenvalue weighted by molar-refractivity contribution is 8.26. The minimum Gasteiger partial charge on any atom is -0.376 e. The normalized spacial score (nSPS) is 19.9. The third-order valence-corrected chi connectivity index (χ3v) is 7.37. The van der Waals surface area contributed by atoms with Gasteiger partial charge >= 0.3 is 0 Å². The topological polar surface area (TPSA) is 75.9 Å². The van der Waals surface area contributed by atoms with E-state index in [9.17, 15) is 9.59 Å². The first-order valence-corrected chi connectivity index (χ1v) is 12.8. The molecular formula is C24H30N4O3S2. The molecule has 2 fully saturated rings. The van der Waals surface area contributed by atoms with Gasteiger partial charge in [-0.2, -0.15) is 0 Å². The molecule has 2 aromatic rings. The number of rotatable bonds is 9. The second-order valence-corrected chi connectivity index (χ2v) is 10.1. The van der Waals surface area contributed by atoms with Gasteiger partial charge in [0, 0.05) is 25.9 Å². The number of unbranched alkanes of at least 4 members (excludes halogenated alkanes) is 3. The van der Waals surface area contributed by atoms with Gasteiger partial charge in [-0.05, 0) is 43.9 Å². The number of nitrogens with zero attached hydrogens (tertiary/aromatic N) is 3. The standard InChI is InChI=1S/C24H30N4O3S2/c1-3-4-5-6-11-28-23(30)19(33-24(28)32)14-18-20(25-15-17-10-8-13-31-17)26-21-16(2)9-7-12-27(21)22(18)29/h7,9,12,14,17,25H,3-6,8,10-11,13,15H2,1-2H3. The molecular weight excluding hydrogens is 456 g/mol. The van der Waals surface area contributed by atoms with Gasteiger partial charge < -0.3 is 10.1 Å². The molecule has 0 saturated carbocycles. The van der Waals surface area contributed by atoms with Crippen molar-refractivity contribution in [2.24, 2.45) is 0 Å². The van der Waals surface area contributed by atoms with Crippen molar-refractivity contribution in [2.75, 3.05) is 25.0 Å². The predicted molar refractivity (Wildman–Crippen MR) is 138 cm³/mol. The summed E-state index contributed by atoms with van der Waals surface area (Å²) in [6.45, 7) is 6.01. The molecule has 0 aromatic carbocycles. The van der Waals surface area contributed by atoms with Gasteiger partial charge in [-0.25, -0.2) is 4.98 Å². The lowest BCUT2D eigenvalue weighted by atomic mass is 10.2. The Morgan fingerprint density at radius 3 is 2.94 bits per heavy atom. The van der Waals surface area contributed by atoms with Crippen molar-refractivity contribution in [3.63, 3.8) is 0 Å². The van der Waals surface area contributed by atoms with E-state index in [0.717, 1.165) is 50.7 Å². The smallest absolute Gasteiger partial charge is 0.267 e. The Morgan fingerprint density at radius 2 is 2.18 bits per heavy atom. The van der Waals surface area contributed by atoms with Crippen LogP contribution in [-0.4, -0.2) is 50.3 Å². The van der Waals surface area contributed by atoms with Gasteiger partial charge in [-0.1, -0.05) is 56.2 Å². The summed E-state index contributed by atoms with van der Waals surface area (Å²) in [5.41, 5.74) is 1.65. The first kappa shape index (κ1) is 23.9. The Labute approximate surface area is 203 Å². The van der Waals surface area contributed by atoms with E-state index < -0.39 is 0 Å². The molecule has 1 atom stereocenters. The lowest BCUT2D eigenvalue weighted by molar-refractivity contribution is -0.122. The molecule has 33 heavy (non-hydrogen) atoms. The zero-order valence-electron chi connectivity index (χ0n) is 19.1. The summed E-state index contributed by atoms with van der Waals surface area (Å²) in [5.74, 6) is 0.332. The van der Waals surface area contributed by atoms with E-state index in [2.05, 4.69) is 12.2 Å². The Balaban J connectivity index is 1.66. The zero-order chi connectivity index (χ0) is 23.4. The van der Waals surface area contributed by atoms with Crippen LogP contribution in [0.15, 0.2) is 28.0 Å². The highest BCUT2D eigenvalue weighted by Crippen LogP contribution is 2.33. The number of thioether (sulfide) groups is 1. The first-order chi connectivity index (χ1) is 16.0. The van der Waals surface area contributed by atoms with Crippen LogP contribution in [0.1, 0.15) is 56.6 Å². The van der Waals surface area contributed by atoms with Crippen LogP contribution in [0.3, 0.4) is 0 Å². The molecule has 7 nitrogen and oxygen atoms in total. The average molecular weight is 487 g/mol. The number of ether oxygens (including phenoxy) is 1. The number of hydrogen-bond acceptors (Lipinski definition) is 7. The molecule has 0 spiro atoms. The number of fused-ring (bicyclic) bond motifs is 1. The molecule has 2 aliphatic heterocycles. The quantitative estimate of drug-likeness (QED) is 0.320. The van der Waals surface area contributed by atoms with E-state index in [1.165, 1.54) is 16.2 Å². The van der Waals surface area contributed by atoms with Crippen LogP contribution in [0.25, 0.3) is 11.7 Å². The molecule has 2 aromatic heterocycles. The van der Waals surface area contributed by atoms with Crippen LogP contribution in [0, 0.1) is 6.92 Å². The summed E-state index contributed by atoms with van der Waals surface area (Å²) in [6, 6.07) is 3.75. The van der Waals surface area contributed by atoms with Crippen LogP contribution < -0.4 is 10.9 Å². The highest BCUT2D eigenvalue weighted by Gasteiger charge is 2.32. The van der Waals surface area contributed by atoms with E-state index >= 15 is 0 Å². The number of aromatic nitrogens is 2. The number of aryl methyl sites for hydroxylation is 1. The molecule has 1 unspecified atom stereocenters. The number of carbonyl (C=O) groups excluding carboxylic acids is 1. The van der Waals surface area contributed by atoms with E-state index in [0.29, 0.717) is 39.3 Å². The van der Waals surface area contributed by atoms with Crippen molar-refractivity contribution in [2.45, 2.75) is 58.5 Å². The van der Waals surface area contributed by atoms with Crippen LogP contribution in [0.4, 0.5) is 5.82 Å². The SMILES string of the molecule is CCCCCCN1C(=O)C(=Cc2c(NCC3CCCO3)nc3c(C)cccn3c2=O)SC1=S. The monoisotopic (exact) mass is 486 g/mol. The summed E-state index contributed by atoms with van der Waals surface area (Å²) in [6.07, 6.45) is 9.72. The summed E-state index contributed by atoms with van der Waals surface area (Å²) in [5, 5.41) is 3.31. The molecule has 4 heterocycles. The van der Waals surface area contributed by atoms with Gasteiger partial charge in [0.1, 0.15) is 15.8 Å². The third-order valence-electron chi connectivity index (χ3n) is 5.99. The number of thiocarbonyl (C=S) groups is 1. The fourth-order valence-corrected chi connectivity index (χ4v) is 5.40. The summed E-state index contributed by atoms with van der Waals surface area (Å²) < 4.78 is 7.79. The van der Waals surface area contributed by atoms with Gasteiger partial charge in [0.2, 0.25) is 0 Å². The van der Waals surface area contributed by atoms with Gasteiger partial charge in [0.15, 0.2) is 0 Å². The maximum atomic E-state index is 13.4. The van der Waals surface area contributed by atoms with E-state index in [-0.39, 0.29) is 17.6 Å². The van der Waals surface area contributed by atoms with Crippen molar-refractivity contribution in [3.8, 4) is 0 Å². The summed E-state index contributed by atoms with van der Waals surface area (Å²) >= 11 is 6.72. The Morgan fingerprint density at radius 1 is 1.33 bits per heavy atom. The largest absolute Gasteiger partial charge is 0.376 e. The van der Waals surface area contributed by atoms with Gasteiger partial charge in [0.25, 0.3) is 11.5 Å². The second-order valence-electron chi connectivity index (χ2n) is 8.47. The van der Waals surface area contributed by atoms with E-state index in [1.54, 1.807) is 17.2 Å². The number of carbonyl (C=O) groups is 1. The molecule has 4 rings (SSSR count). The molecule has 1 amide bonds. The van der Waals surface area contributed by atoms with E-state index in [4.69, 9.17) is 21.9 Å². The van der Waals surface area contributed by atoms with Crippen molar-refractivity contribution < 1.29 is 9.53 Å². The Hall–Kier alpha value is -2.23. The van der Waals surface area contributed by atoms with Gasteiger partial charge in [-0.3, -0.25) is 18.9 Å². The minimum absolute atomic E-state index is 0.0938. The minimum atomic E-state index is -0.216. The summed E-state index contributed by atoms with van der Waals surface area (Å²) in [7, 11) is 0. The van der Waals surface area contributed by atoms with E-state index in [1.807, 2.05) is 19.1 Å². The zero-order valence-corrected chi connectivity index (χ0v) is 20.8. The van der Waals surface area contributed by atoms with Crippen molar-refractivity contribution >= 4 is 51.7 Å². The first-order valence-electron chi connectivity index (χ1n) is 11.6. The Bertz CT molecular complexity index is 1140. The van der Waals surface area contributed by atoms with Gasteiger partial charge in [0.05, 0.1) is 16.6 Å². The highest BCUT2D eigenvalue weighted by atomic mass is 32.2. The lowest BCUT2D eigenvalue weighted by Crippen LogP contribution is -2.29. The second kappa shape index (κ2) is 10.8. The molecule has 2 aliphatic rings. The summed E-state index contributed by atoms with van der Waals surface area (Å²) in [4.78, 5) is 33.4. The fraction of sp³-hybridized carbons (Fsp3) is 0.500. The maximum Gasteiger partial charge on any atom is 0.267 e. The third kappa shape index (κ3) is 5.31. The maximum absolute atomic E-state index is 13.4. The number of amides is 1. The number of nitrogens with one attached hydrogen (secondary N) is 1. The molecule has 0 radical (unpaired) electrons.